The summed E-state index contributed by atoms with van der Waals surface area (Å²) in [7, 11) is 0. The van der Waals surface area contributed by atoms with Crippen LogP contribution in [0.1, 0.15) is 0 Å². The average Bonchev–Trinajstić information content (AvgIpc) is 3.18. The third-order valence-corrected chi connectivity index (χ3v) is 9.21. The maximum absolute atomic E-state index is 5.05. The van der Waals surface area contributed by atoms with Gasteiger partial charge in [0.2, 0.25) is 0 Å². The van der Waals surface area contributed by atoms with Gasteiger partial charge in [-0.05, 0) is 78.8 Å². The Morgan fingerprint density at radius 3 is 1.25 bits per heavy atom. The van der Waals surface area contributed by atoms with Crippen LogP contribution in [0.3, 0.4) is 0 Å². The topological polar surface area (TPSA) is 38.7 Å². The zero-order valence-corrected chi connectivity index (χ0v) is 26.1. The third kappa shape index (κ3) is 4.99. The van der Waals surface area contributed by atoms with Crippen molar-refractivity contribution >= 4 is 32.3 Å². The van der Waals surface area contributed by atoms with E-state index in [1.54, 1.807) is 0 Å². The second-order valence-electron chi connectivity index (χ2n) is 12.1. The Morgan fingerprint density at radius 1 is 0.271 bits per heavy atom. The van der Waals surface area contributed by atoms with Crippen molar-refractivity contribution in [2.45, 2.75) is 0 Å². The summed E-state index contributed by atoms with van der Waals surface area (Å²) in [6.07, 6.45) is 3.64. The van der Waals surface area contributed by atoms with E-state index in [0.717, 1.165) is 39.2 Å². The molecule has 0 saturated heterocycles. The molecule has 7 aromatic carbocycles. The lowest BCUT2D eigenvalue weighted by Gasteiger charge is -2.13. The first-order valence-electron chi connectivity index (χ1n) is 16.2. The minimum absolute atomic E-state index is 0.707. The molecule has 0 aliphatic heterocycles. The second kappa shape index (κ2) is 11.7. The number of fused-ring (bicyclic) bond motifs is 6. The highest BCUT2D eigenvalue weighted by atomic mass is 14.9. The average molecular weight is 612 g/mol. The smallest absolute Gasteiger partial charge is 0.160 e. The highest BCUT2D eigenvalue weighted by Crippen LogP contribution is 2.37. The fraction of sp³-hybridized carbons (Fsp3) is 0. The summed E-state index contributed by atoms with van der Waals surface area (Å²) >= 11 is 0. The summed E-state index contributed by atoms with van der Waals surface area (Å²) in [5.41, 5.74) is 9.49. The zero-order chi connectivity index (χ0) is 31.9. The van der Waals surface area contributed by atoms with Gasteiger partial charge in [0, 0.05) is 29.1 Å². The largest absolute Gasteiger partial charge is 0.265 e. The molecule has 9 rings (SSSR count). The van der Waals surface area contributed by atoms with E-state index in [4.69, 9.17) is 9.97 Å². The molecule has 0 radical (unpaired) electrons. The summed E-state index contributed by atoms with van der Waals surface area (Å²) in [4.78, 5) is 14.2. The molecule has 0 saturated carbocycles. The Kier molecular flexibility index (Phi) is 6.80. The minimum atomic E-state index is 0.707. The van der Waals surface area contributed by atoms with E-state index >= 15 is 0 Å². The van der Waals surface area contributed by atoms with Gasteiger partial charge in [0.25, 0.3) is 0 Å². The highest BCUT2D eigenvalue weighted by molar-refractivity contribution is 6.25. The minimum Gasteiger partial charge on any atom is -0.265 e. The van der Waals surface area contributed by atoms with Crippen LogP contribution in [0.4, 0.5) is 0 Å². The van der Waals surface area contributed by atoms with Gasteiger partial charge in [0.1, 0.15) is 0 Å². The summed E-state index contributed by atoms with van der Waals surface area (Å²) in [5, 5.41) is 7.69. The Balaban J connectivity index is 1.11. The summed E-state index contributed by atoms with van der Waals surface area (Å²) in [5.74, 6) is 0.707. The van der Waals surface area contributed by atoms with Crippen LogP contribution in [-0.4, -0.2) is 15.0 Å². The predicted octanol–water partition coefficient (Wildman–Crippen LogP) is 11.7. The normalized spacial score (nSPS) is 11.3. The first-order chi connectivity index (χ1) is 23.8. The molecule has 3 nitrogen and oxygen atoms in total. The molecule has 2 heterocycles. The van der Waals surface area contributed by atoms with Crippen LogP contribution in [0.5, 0.6) is 0 Å². The number of hydrogen-bond donors (Lipinski definition) is 0. The third-order valence-electron chi connectivity index (χ3n) is 9.21. The fourth-order valence-electron chi connectivity index (χ4n) is 6.76. The quantitative estimate of drug-likeness (QED) is 0.182. The molecule has 0 spiro atoms. The van der Waals surface area contributed by atoms with Gasteiger partial charge in [-0.25, -0.2) is 9.97 Å². The molecule has 0 amide bonds. The second-order valence-corrected chi connectivity index (χ2v) is 12.1. The standard InChI is InChI=1S/C45H29N3/c1-2-8-35(9-3-1)45-47-43(33-18-14-30(15-19-33)32-24-26-46-27-25-32)29-44(48-45)34-20-16-31(17-21-34)36-22-23-41-39-12-5-4-10-37(39)38-11-6-7-13-40(38)42(41)28-36/h1-29H. The van der Waals surface area contributed by atoms with Crippen molar-refractivity contribution in [3.8, 4) is 56.2 Å². The molecular weight excluding hydrogens is 583 g/mol. The van der Waals surface area contributed by atoms with Crippen LogP contribution in [0.25, 0.3) is 88.5 Å². The Morgan fingerprint density at radius 2 is 0.688 bits per heavy atom. The van der Waals surface area contributed by atoms with E-state index < -0.39 is 0 Å². The van der Waals surface area contributed by atoms with Crippen molar-refractivity contribution in [1.82, 2.24) is 15.0 Å². The molecule has 224 valence electrons. The highest BCUT2D eigenvalue weighted by Gasteiger charge is 2.13. The summed E-state index contributed by atoms with van der Waals surface area (Å²) < 4.78 is 0. The molecule has 0 N–H and O–H groups in total. The van der Waals surface area contributed by atoms with Crippen molar-refractivity contribution in [2.24, 2.45) is 0 Å². The molecule has 2 aromatic heterocycles. The molecule has 0 atom stereocenters. The lowest BCUT2D eigenvalue weighted by atomic mass is 9.92. The number of hydrogen-bond acceptors (Lipinski definition) is 3. The monoisotopic (exact) mass is 611 g/mol. The van der Waals surface area contributed by atoms with Gasteiger partial charge in [-0.15, -0.1) is 0 Å². The van der Waals surface area contributed by atoms with E-state index in [9.17, 15) is 0 Å². The number of benzene rings is 7. The number of aromatic nitrogens is 3. The van der Waals surface area contributed by atoms with Crippen LogP contribution in [0.15, 0.2) is 176 Å². The van der Waals surface area contributed by atoms with Crippen molar-refractivity contribution in [1.29, 1.82) is 0 Å². The molecule has 0 unspecified atom stereocenters. The zero-order valence-electron chi connectivity index (χ0n) is 26.1. The van der Waals surface area contributed by atoms with Crippen LogP contribution in [0, 0.1) is 0 Å². The summed E-state index contributed by atoms with van der Waals surface area (Å²) in [6, 6.07) is 57.9. The molecule has 0 aliphatic carbocycles. The van der Waals surface area contributed by atoms with Crippen LogP contribution in [-0.2, 0) is 0 Å². The molecule has 48 heavy (non-hydrogen) atoms. The number of pyridine rings is 1. The summed E-state index contributed by atoms with van der Waals surface area (Å²) in [6.45, 7) is 0. The van der Waals surface area contributed by atoms with Gasteiger partial charge in [0.15, 0.2) is 5.82 Å². The number of nitrogens with zero attached hydrogens (tertiary/aromatic N) is 3. The fourth-order valence-corrected chi connectivity index (χ4v) is 6.76. The maximum Gasteiger partial charge on any atom is 0.160 e. The Bertz CT molecular complexity index is 2540. The van der Waals surface area contributed by atoms with Gasteiger partial charge >= 0.3 is 0 Å². The van der Waals surface area contributed by atoms with Crippen LogP contribution < -0.4 is 0 Å². The van der Waals surface area contributed by atoms with Crippen molar-refractivity contribution < 1.29 is 0 Å². The molecule has 0 fully saturated rings. The van der Waals surface area contributed by atoms with Crippen molar-refractivity contribution in [3.05, 3.63) is 176 Å². The Labute approximate surface area is 278 Å². The van der Waals surface area contributed by atoms with Gasteiger partial charge < -0.3 is 0 Å². The van der Waals surface area contributed by atoms with E-state index in [2.05, 4.69) is 138 Å². The molecule has 0 bridgehead atoms. The SMILES string of the molecule is c1ccc(-c2nc(-c3ccc(-c4ccncc4)cc3)cc(-c3ccc(-c4ccc5c6ccccc6c6ccccc6c5c4)cc3)n2)cc1. The van der Waals surface area contributed by atoms with Crippen molar-refractivity contribution in [3.63, 3.8) is 0 Å². The first kappa shape index (κ1) is 27.8. The lowest BCUT2D eigenvalue weighted by molar-refractivity contribution is 1.18. The van der Waals surface area contributed by atoms with E-state index in [0.29, 0.717) is 5.82 Å². The molecule has 9 aromatic rings. The molecule has 3 heteroatoms. The maximum atomic E-state index is 5.05. The first-order valence-corrected chi connectivity index (χ1v) is 16.2. The molecule has 0 aliphatic rings. The van der Waals surface area contributed by atoms with Crippen molar-refractivity contribution in [2.75, 3.05) is 0 Å². The van der Waals surface area contributed by atoms with E-state index in [1.165, 1.54) is 43.4 Å². The van der Waals surface area contributed by atoms with Crippen LogP contribution >= 0.6 is 0 Å². The lowest BCUT2D eigenvalue weighted by Crippen LogP contribution is -1.96. The van der Waals surface area contributed by atoms with E-state index in [1.807, 2.05) is 42.7 Å². The van der Waals surface area contributed by atoms with Gasteiger partial charge in [-0.1, -0.05) is 140 Å². The molecular formula is C45H29N3. The van der Waals surface area contributed by atoms with Gasteiger partial charge in [-0.2, -0.15) is 0 Å². The van der Waals surface area contributed by atoms with Gasteiger partial charge in [-0.3, -0.25) is 4.98 Å². The number of rotatable bonds is 5. The van der Waals surface area contributed by atoms with Gasteiger partial charge in [0.05, 0.1) is 11.4 Å². The van der Waals surface area contributed by atoms with Crippen LogP contribution in [0.2, 0.25) is 0 Å². The Hall–Kier alpha value is -6.45. The van der Waals surface area contributed by atoms with E-state index in [-0.39, 0.29) is 0 Å². The predicted molar refractivity (Wildman–Crippen MR) is 200 cm³/mol.